The summed E-state index contributed by atoms with van der Waals surface area (Å²) in [6.07, 6.45) is 4.55. The van der Waals surface area contributed by atoms with Crippen molar-refractivity contribution >= 4 is 5.97 Å². The molecule has 0 fully saturated rings. The number of unbranched alkanes of at least 4 members (excludes halogenated alkanes) is 3. The van der Waals surface area contributed by atoms with Gasteiger partial charge in [0, 0.05) is 0 Å². The molecular weight excluding hydrogens is 262 g/mol. The van der Waals surface area contributed by atoms with Crippen LogP contribution in [0, 0.1) is 0 Å². The lowest BCUT2D eigenvalue weighted by Crippen LogP contribution is -2.29. The van der Waals surface area contributed by atoms with E-state index in [1.165, 1.54) is 12.8 Å². The first-order valence-electron chi connectivity index (χ1n) is 7.68. The third-order valence-corrected chi connectivity index (χ3v) is 3.76. The summed E-state index contributed by atoms with van der Waals surface area (Å²) in [5, 5.41) is 12.7. The molecular formula is C18H23NO2. The van der Waals surface area contributed by atoms with Crippen LogP contribution in [0.25, 0.3) is 11.1 Å². The first-order valence-corrected chi connectivity index (χ1v) is 7.68. The van der Waals surface area contributed by atoms with Crippen LogP contribution in [0.1, 0.15) is 44.2 Å². The molecule has 0 spiro atoms. The topological polar surface area (TPSA) is 49.3 Å². The highest BCUT2D eigenvalue weighted by atomic mass is 16.4. The van der Waals surface area contributed by atoms with Crippen LogP contribution >= 0.6 is 0 Å². The molecule has 0 saturated carbocycles. The van der Waals surface area contributed by atoms with Crippen molar-refractivity contribution in [2.24, 2.45) is 0 Å². The highest BCUT2D eigenvalue weighted by Crippen LogP contribution is 2.31. The van der Waals surface area contributed by atoms with E-state index in [1.54, 1.807) is 0 Å². The summed E-state index contributed by atoms with van der Waals surface area (Å²) in [6.45, 7) is 2.91. The van der Waals surface area contributed by atoms with Gasteiger partial charge in [-0.05, 0) is 29.7 Å². The minimum atomic E-state index is -0.815. The first-order chi connectivity index (χ1) is 10.2. The average Bonchev–Trinajstić information content (AvgIpc) is 2.71. The van der Waals surface area contributed by atoms with Crippen molar-refractivity contribution in [3.05, 3.63) is 48.0 Å². The Morgan fingerprint density at radius 1 is 1.10 bits per heavy atom. The zero-order valence-electron chi connectivity index (χ0n) is 12.5. The average molecular weight is 285 g/mol. The molecule has 0 saturated heterocycles. The van der Waals surface area contributed by atoms with Crippen LogP contribution in [0.5, 0.6) is 0 Å². The van der Waals surface area contributed by atoms with Gasteiger partial charge in [0.15, 0.2) is 0 Å². The Balaban J connectivity index is 2.09. The molecule has 2 rings (SSSR count). The van der Waals surface area contributed by atoms with E-state index in [0.29, 0.717) is 0 Å². The Kier molecular flexibility index (Phi) is 5.76. The number of hydrogen-bond acceptors (Lipinski definition) is 2. The molecule has 112 valence electrons. The van der Waals surface area contributed by atoms with Gasteiger partial charge in [0.1, 0.15) is 6.04 Å². The monoisotopic (exact) mass is 285 g/mol. The van der Waals surface area contributed by atoms with E-state index >= 15 is 0 Å². The molecule has 3 heteroatoms. The van der Waals surface area contributed by atoms with Gasteiger partial charge in [-0.1, -0.05) is 68.7 Å². The van der Waals surface area contributed by atoms with Crippen molar-refractivity contribution in [3.8, 4) is 11.1 Å². The fourth-order valence-corrected chi connectivity index (χ4v) is 2.62. The summed E-state index contributed by atoms with van der Waals surface area (Å²) in [5.41, 5.74) is 2.94. The number of hydrogen-bond donors (Lipinski definition) is 2. The van der Waals surface area contributed by atoms with Gasteiger partial charge in [0.2, 0.25) is 0 Å². The van der Waals surface area contributed by atoms with Crippen molar-refractivity contribution in [3.63, 3.8) is 0 Å². The van der Waals surface area contributed by atoms with Crippen LogP contribution in [0.2, 0.25) is 0 Å². The number of nitrogens with one attached hydrogen (secondary N) is 1. The quantitative estimate of drug-likeness (QED) is 0.718. The number of aliphatic carboxylic acids is 1. The number of fused-ring (bicyclic) bond motifs is 1. The minimum absolute atomic E-state index is 0.633. The van der Waals surface area contributed by atoms with Crippen LogP contribution in [0.15, 0.2) is 42.5 Å². The number of rotatable bonds is 8. The van der Waals surface area contributed by atoms with Crippen molar-refractivity contribution in [2.45, 2.75) is 38.6 Å². The van der Waals surface area contributed by atoms with Crippen molar-refractivity contribution in [2.75, 3.05) is 6.54 Å². The molecule has 0 heterocycles. The van der Waals surface area contributed by atoms with Gasteiger partial charge >= 0.3 is 5.97 Å². The second kappa shape index (κ2) is 7.79. The molecule has 0 bridgehead atoms. The van der Waals surface area contributed by atoms with Crippen molar-refractivity contribution < 1.29 is 9.90 Å². The molecule has 0 aromatic heterocycles. The summed E-state index contributed by atoms with van der Waals surface area (Å²) in [5.74, 6) is -0.815. The van der Waals surface area contributed by atoms with Crippen LogP contribution in [0.3, 0.4) is 0 Å². The van der Waals surface area contributed by atoms with E-state index in [0.717, 1.165) is 36.1 Å². The lowest BCUT2D eigenvalue weighted by Gasteiger charge is -2.15. The van der Waals surface area contributed by atoms with E-state index in [4.69, 9.17) is 0 Å². The van der Waals surface area contributed by atoms with Gasteiger partial charge in [-0.15, -0.1) is 0 Å². The van der Waals surface area contributed by atoms with Crippen molar-refractivity contribution in [1.29, 1.82) is 0 Å². The SMILES string of the molecule is CCCCCCNC(C(=O)O)c1ccc2cccccc1-2. The molecule has 0 amide bonds. The molecule has 2 N–H and O–H groups in total. The third kappa shape index (κ3) is 4.05. The van der Waals surface area contributed by atoms with E-state index < -0.39 is 12.0 Å². The summed E-state index contributed by atoms with van der Waals surface area (Å²) < 4.78 is 0. The smallest absolute Gasteiger partial charge is 0.325 e. The van der Waals surface area contributed by atoms with Crippen LogP contribution in [-0.2, 0) is 4.79 Å². The van der Waals surface area contributed by atoms with Crippen LogP contribution in [0.4, 0.5) is 0 Å². The summed E-state index contributed by atoms with van der Waals surface area (Å²) in [4.78, 5) is 11.6. The van der Waals surface area contributed by atoms with E-state index in [1.807, 2.05) is 42.5 Å². The Morgan fingerprint density at radius 3 is 2.67 bits per heavy atom. The van der Waals surface area contributed by atoms with E-state index in [2.05, 4.69) is 12.2 Å². The predicted octanol–water partition coefficient (Wildman–Crippen LogP) is 4.09. The van der Waals surface area contributed by atoms with E-state index in [9.17, 15) is 9.90 Å². The molecule has 0 aliphatic heterocycles. The second-order valence-corrected chi connectivity index (χ2v) is 5.35. The Labute approximate surface area is 126 Å². The molecule has 2 aliphatic carbocycles. The Bertz CT molecular complexity index is 553. The fraction of sp³-hybridized carbons (Fsp3) is 0.389. The van der Waals surface area contributed by atoms with Gasteiger partial charge in [-0.2, -0.15) is 0 Å². The molecule has 21 heavy (non-hydrogen) atoms. The van der Waals surface area contributed by atoms with Crippen LogP contribution in [-0.4, -0.2) is 17.6 Å². The molecule has 2 aliphatic rings. The largest absolute Gasteiger partial charge is 0.480 e. The maximum Gasteiger partial charge on any atom is 0.325 e. The second-order valence-electron chi connectivity index (χ2n) is 5.35. The summed E-state index contributed by atoms with van der Waals surface area (Å²) in [7, 11) is 0. The molecule has 0 aromatic carbocycles. The van der Waals surface area contributed by atoms with Gasteiger partial charge < -0.3 is 10.4 Å². The van der Waals surface area contributed by atoms with Gasteiger partial charge in [0.05, 0.1) is 0 Å². The first kappa shape index (κ1) is 15.5. The molecule has 1 atom stereocenters. The number of carboxylic acids is 1. The maximum absolute atomic E-state index is 11.6. The minimum Gasteiger partial charge on any atom is -0.480 e. The van der Waals surface area contributed by atoms with Crippen LogP contribution < -0.4 is 5.32 Å². The number of carbonyl (C=O) groups is 1. The molecule has 1 unspecified atom stereocenters. The van der Waals surface area contributed by atoms with Gasteiger partial charge in [-0.25, -0.2) is 0 Å². The van der Waals surface area contributed by atoms with Crippen molar-refractivity contribution in [1.82, 2.24) is 5.32 Å². The van der Waals surface area contributed by atoms with Gasteiger partial charge in [0.25, 0.3) is 0 Å². The summed E-state index contributed by atoms with van der Waals surface area (Å²) in [6, 6.07) is 13.1. The number of carboxylic acid groups (broad SMARTS) is 1. The lowest BCUT2D eigenvalue weighted by molar-refractivity contribution is -0.139. The maximum atomic E-state index is 11.6. The van der Waals surface area contributed by atoms with E-state index in [-0.39, 0.29) is 0 Å². The highest BCUT2D eigenvalue weighted by Gasteiger charge is 2.23. The lowest BCUT2D eigenvalue weighted by atomic mass is 10.0. The predicted molar refractivity (Wildman–Crippen MR) is 85.6 cm³/mol. The Hall–Kier alpha value is -1.87. The fourth-order valence-electron chi connectivity index (χ4n) is 2.62. The zero-order valence-corrected chi connectivity index (χ0v) is 12.5. The normalized spacial score (nSPS) is 12.4. The third-order valence-electron chi connectivity index (χ3n) is 3.76. The van der Waals surface area contributed by atoms with Gasteiger partial charge in [-0.3, -0.25) is 4.79 Å². The molecule has 3 nitrogen and oxygen atoms in total. The molecule has 0 radical (unpaired) electrons. The molecule has 0 aromatic rings. The summed E-state index contributed by atoms with van der Waals surface area (Å²) >= 11 is 0. The Morgan fingerprint density at radius 2 is 1.90 bits per heavy atom. The standard InChI is InChI=1S/C18H23NO2/c1-2-3-4-8-13-19-17(18(20)21)16-12-11-14-9-6-5-7-10-15(14)16/h5-7,9-12,17,19H,2-4,8,13H2,1H3,(H,20,21). The highest BCUT2D eigenvalue weighted by molar-refractivity contribution is 5.82. The zero-order chi connectivity index (χ0) is 15.1.